The molecular formula is C15H19N3. The normalized spacial score (nSPS) is 12.6. The third-order valence-electron chi connectivity index (χ3n) is 3.24. The van der Waals surface area contributed by atoms with E-state index in [4.69, 9.17) is 5.73 Å². The van der Waals surface area contributed by atoms with Gasteiger partial charge >= 0.3 is 0 Å². The first-order valence-corrected chi connectivity index (χ1v) is 6.11. The SMILES string of the molecule is CC(c1cccc(N)c1)N(C)Cc1ccncc1. The summed E-state index contributed by atoms with van der Waals surface area (Å²) in [5, 5.41) is 0. The molecule has 0 fully saturated rings. The van der Waals surface area contributed by atoms with E-state index in [1.54, 1.807) is 0 Å². The van der Waals surface area contributed by atoms with Gasteiger partial charge in [0.1, 0.15) is 0 Å². The fraction of sp³-hybridized carbons (Fsp3) is 0.267. The summed E-state index contributed by atoms with van der Waals surface area (Å²) in [6.07, 6.45) is 3.66. The standard InChI is InChI=1S/C15H19N3/c1-12(14-4-3-5-15(16)10-14)18(2)11-13-6-8-17-9-7-13/h3-10,12H,11,16H2,1-2H3. The van der Waals surface area contributed by atoms with Crippen molar-refractivity contribution in [2.75, 3.05) is 12.8 Å². The van der Waals surface area contributed by atoms with Gasteiger partial charge in [-0.15, -0.1) is 0 Å². The lowest BCUT2D eigenvalue weighted by molar-refractivity contribution is 0.253. The second kappa shape index (κ2) is 5.65. The molecule has 2 rings (SSSR count). The van der Waals surface area contributed by atoms with E-state index in [0.717, 1.165) is 12.2 Å². The molecule has 0 aliphatic rings. The van der Waals surface area contributed by atoms with Crippen molar-refractivity contribution in [2.45, 2.75) is 19.5 Å². The molecule has 1 unspecified atom stereocenters. The molecule has 18 heavy (non-hydrogen) atoms. The highest BCUT2D eigenvalue weighted by Gasteiger charge is 2.11. The van der Waals surface area contributed by atoms with Crippen LogP contribution in [0, 0.1) is 0 Å². The molecule has 0 aliphatic heterocycles. The molecule has 3 heteroatoms. The zero-order valence-corrected chi connectivity index (χ0v) is 10.9. The third kappa shape index (κ3) is 3.08. The average Bonchev–Trinajstić information content (AvgIpc) is 2.39. The maximum atomic E-state index is 5.82. The number of nitrogen functional groups attached to an aromatic ring is 1. The minimum absolute atomic E-state index is 0.335. The molecule has 2 aromatic rings. The van der Waals surface area contributed by atoms with E-state index < -0.39 is 0 Å². The van der Waals surface area contributed by atoms with Gasteiger partial charge in [0.25, 0.3) is 0 Å². The van der Waals surface area contributed by atoms with Gasteiger partial charge in [-0.1, -0.05) is 12.1 Å². The molecule has 1 atom stereocenters. The second-order valence-corrected chi connectivity index (χ2v) is 4.62. The van der Waals surface area contributed by atoms with Crippen molar-refractivity contribution in [1.82, 2.24) is 9.88 Å². The molecule has 0 amide bonds. The summed E-state index contributed by atoms with van der Waals surface area (Å²) in [5.41, 5.74) is 9.15. The first kappa shape index (κ1) is 12.6. The zero-order chi connectivity index (χ0) is 13.0. The summed E-state index contributed by atoms with van der Waals surface area (Å²) in [6, 6.07) is 12.5. The Morgan fingerprint density at radius 3 is 2.61 bits per heavy atom. The van der Waals surface area contributed by atoms with Crippen LogP contribution < -0.4 is 5.73 Å². The van der Waals surface area contributed by atoms with E-state index in [2.05, 4.69) is 29.9 Å². The Balaban J connectivity index is 2.07. The summed E-state index contributed by atoms with van der Waals surface area (Å²) in [4.78, 5) is 6.33. The molecule has 2 N–H and O–H groups in total. The van der Waals surface area contributed by atoms with Gasteiger partial charge in [0, 0.05) is 30.7 Å². The maximum absolute atomic E-state index is 5.82. The van der Waals surface area contributed by atoms with Gasteiger partial charge in [-0.2, -0.15) is 0 Å². The van der Waals surface area contributed by atoms with Crippen molar-refractivity contribution in [2.24, 2.45) is 0 Å². The lowest BCUT2D eigenvalue weighted by Gasteiger charge is -2.25. The Bertz CT molecular complexity index is 496. The smallest absolute Gasteiger partial charge is 0.0321 e. The molecule has 1 aromatic carbocycles. The highest BCUT2D eigenvalue weighted by atomic mass is 15.1. The highest BCUT2D eigenvalue weighted by Crippen LogP contribution is 2.22. The zero-order valence-electron chi connectivity index (χ0n) is 10.9. The van der Waals surface area contributed by atoms with Gasteiger partial charge < -0.3 is 5.73 Å². The summed E-state index contributed by atoms with van der Waals surface area (Å²) in [7, 11) is 2.12. The van der Waals surface area contributed by atoms with E-state index in [1.807, 2.05) is 42.7 Å². The fourth-order valence-electron chi connectivity index (χ4n) is 1.99. The Morgan fingerprint density at radius 2 is 1.94 bits per heavy atom. The van der Waals surface area contributed by atoms with Crippen molar-refractivity contribution >= 4 is 5.69 Å². The van der Waals surface area contributed by atoms with Gasteiger partial charge in [0.2, 0.25) is 0 Å². The molecule has 0 saturated carbocycles. The van der Waals surface area contributed by atoms with Crippen LogP contribution in [-0.4, -0.2) is 16.9 Å². The first-order chi connectivity index (χ1) is 8.66. The number of anilines is 1. The molecule has 94 valence electrons. The lowest BCUT2D eigenvalue weighted by atomic mass is 10.1. The topological polar surface area (TPSA) is 42.1 Å². The van der Waals surface area contributed by atoms with E-state index in [9.17, 15) is 0 Å². The summed E-state index contributed by atoms with van der Waals surface area (Å²) < 4.78 is 0. The molecular weight excluding hydrogens is 222 g/mol. The molecule has 0 saturated heterocycles. The maximum Gasteiger partial charge on any atom is 0.0321 e. The molecule has 1 heterocycles. The number of benzene rings is 1. The number of aromatic nitrogens is 1. The number of rotatable bonds is 4. The minimum Gasteiger partial charge on any atom is -0.399 e. The van der Waals surface area contributed by atoms with Gasteiger partial charge in [-0.25, -0.2) is 0 Å². The monoisotopic (exact) mass is 241 g/mol. The Kier molecular flexibility index (Phi) is 3.95. The Hall–Kier alpha value is -1.87. The summed E-state index contributed by atoms with van der Waals surface area (Å²) in [6.45, 7) is 3.09. The van der Waals surface area contributed by atoms with E-state index in [1.165, 1.54) is 11.1 Å². The van der Waals surface area contributed by atoms with E-state index in [0.29, 0.717) is 6.04 Å². The van der Waals surface area contributed by atoms with Gasteiger partial charge in [0.15, 0.2) is 0 Å². The molecule has 0 aliphatic carbocycles. The van der Waals surface area contributed by atoms with Crippen LogP contribution in [0.25, 0.3) is 0 Å². The largest absolute Gasteiger partial charge is 0.399 e. The first-order valence-electron chi connectivity index (χ1n) is 6.11. The van der Waals surface area contributed by atoms with Gasteiger partial charge in [-0.05, 0) is 49.4 Å². The minimum atomic E-state index is 0.335. The van der Waals surface area contributed by atoms with Crippen molar-refractivity contribution in [1.29, 1.82) is 0 Å². The van der Waals surface area contributed by atoms with Crippen LogP contribution in [0.2, 0.25) is 0 Å². The summed E-state index contributed by atoms with van der Waals surface area (Å²) in [5.74, 6) is 0. The number of pyridine rings is 1. The highest BCUT2D eigenvalue weighted by molar-refractivity contribution is 5.41. The molecule has 0 bridgehead atoms. The van der Waals surface area contributed by atoms with Crippen LogP contribution in [0.15, 0.2) is 48.8 Å². The van der Waals surface area contributed by atoms with Gasteiger partial charge in [0.05, 0.1) is 0 Å². The van der Waals surface area contributed by atoms with Crippen LogP contribution in [0.4, 0.5) is 5.69 Å². The number of hydrogen-bond donors (Lipinski definition) is 1. The second-order valence-electron chi connectivity index (χ2n) is 4.62. The predicted molar refractivity (Wildman–Crippen MR) is 75.0 cm³/mol. The fourth-order valence-corrected chi connectivity index (χ4v) is 1.99. The molecule has 0 radical (unpaired) electrons. The lowest BCUT2D eigenvalue weighted by Crippen LogP contribution is -2.22. The van der Waals surface area contributed by atoms with Crippen molar-refractivity contribution in [3.63, 3.8) is 0 Å². The average molecular weight is 241 g/mol. The number of nitrogens with two attached hydrogens (primary N) is 1. The van der Waals surface area contributed by atoms with Crippen LogP contribution in [0.3, 0.4) is 0 Å². The molecule has 0 spiro atoms. The number of nitrogens with zero attached hydrogens (tertiary/aromatic N) is 2. The van der Waals surface area contributed by atoms with Crippen LogP contribution in [0.1, 0.15) is 24.1 Å². The summed E-state index contributed by atoms with van der Waals surface area (Å²) >= 11 is 0. The van der Waals surface area contributed by atoms with Crippen molar-refractivity contribution in [3.05, 3.63) is 59.9 Å². The molecule has 1 aromatic heterocycles. The van der Waals surface area contributed by atoms with Crippen molar-refractivity contribution < 1.29 is 0 Å². The number of hydrogen-bond acceptors (Lipinski definition) is 3. The Morgan fingerprint density at radius 1 is 1.22 bits per heavy atom. The quantitative estimate of drug-likeness (QED) is 0.837. The third-order valence-corrected chi connectivity index (χ3v) is 3.24. The molecule has 3 nitrogen and oxygen atoms in total. The van der Waals surface area contributed by atoms with Gasteiger partial charge in [-0.3, -0.25) is 9.88 Å². The van der Waals surface area contributed by atoms with Crippen LogP contribution in [0.5, 0.6) is 0 Å². The van der Waals surface area contributed by atoms with Crippen molar-refractivity contribution in [3.8, 4) is 0 Å². The van der Waals surface area contributed by atoms with Crippen LogP contribution >= 0.6 is 0 Å². The Labute approximate surface area is 108 Å². The predicted octanol–water partition coefficient (Wildman–Crippen LogP) is 2.86. The van der Waals surface area contributed by atoms with Crippen LogP contribution in [-0.2, 0) is 6.54 Å². The van der Waals surface area contributed by atoms with E-state index >= 15 is 0 Å². The van der Waals surface area contributed by atoms with E-state index in [-0.39, 0.29) is 0 Å².